The molecule has 21 heavy (non-hydrogen) atoms. The van der Waals surface area contributed by atoms with Gasteiger partial charge in [0.15, 0.2) is 0 Å². The van der Waals surface area contributed by atoms with Crippen molar-refractivity contribution in [3.8, 4) is 5.75 Å². The van der Waals surface area contributed by atoms with Crippen molar-refractivity contribution in [1.82, 2.24) is 5.32 Å². The van der Waals surface area contributed by atoms with Gasteiger partial charge in [-0.1, -0.05) is 36.4 Å². The summed E-state index contributed by atoms with van der Waals surface area (Å²) in [7, 11) is 1.56. The summed E-state index contributed by atoms with van der Waals surface area (Å²) < 4.78 is 5.23. The van der Waals surface area contributed by atoms with Gasteiger partial charge in [-0.2, -0.15) is 0 Å². The maximum atomic E-state index is 12.5. The Morgan fingerprint density at radius 1 is 1.19 bits per heavy atom. The summed E-state index contributed by atoms with van der Waals surface area (Å²) >= 11 is 6.40. The fraction of sp³-hybridized carbons (Fsp3) is 0.235. The lowest BCUT2D eigenvalue weighted by Gasteiger charge is -2.18. The van der Waals surface area contributed by atoms with E-state index in [0.717, 1.165) is 12.0 Å². The van der Waals surface area contributed by atoms with Gasteiger partial charge in [-0.3, -0.25) is 4.79 Å². The summed E-state index contributed by atoms with van der Waals surface area (Å²) in [5.74, 6) is 0.396. The van der Waals surface area contributed by atoms with Gasteiger partial charge in [-0.05, 0) is 29.7 Å². The van der Waals surface area contributed by atoms with Crippen LogP contribution in [0.5, 0.6) is 5.75 Å². The lowest BCUT2D eigenvalue weighted by atomic mass is 10.1. The molecule has 0 aromatic heterocycles. The third kappa shape index (κ3) is 2.61. The smallest absolute Gasteiger partial charge is 0.255 e. The van der Waals surface area contributed by atoms with Crippen LogP contribution in [-0.4, -0.2) is 18.4 Å². The van der Waals surface area contributed by atoms with E-state index in [0.29, 0.717) is 11.3 Å². The van der Waals surface area contributed by atoms with E-state index in [1.807, 2.05) is 30.3 Å². The van der Waals surface area contributed by atoms with Crippen molar-refractivity contribution in [1.29, 1.82) is 0 Å². The standard InChI is InChI=1S/C17H16ClNO2/c1-21-15-9-5-4-8-13(15)17(20)19-16-12-7-3-2-6-11(12)10-14(16)18/h2-9,14,16H,10H2,1H3,(H,19,20). The maximum Gasteiger partial charge on any atom is 0.255 e. The molecular formula is C17H16ClNO2. The number of nitrogens with one attached hydrogen (secondary N) is 1. The van der Waals surface area contributed by atoms with E-state index in [1.165, 1.54) is 5.56 Å². The second-order valence-electron chi connectivity index (χ2n) is 5.07. The van der Waals surface area contributed by atoms with Crippen LogP contribution in [0.1, 0.15) is 27.5 Å². The highest BCUT2D eigenvalue weighted by Crippen LogP contribution is 2.35. The summed E-state index contributed by atoms with van der Waals surface area (Å²) in [5.41, 5.74) is 2.82. The molecule has 1 N–H and O–H groups in total. The fourth-order valence-corrected chi connectivity index (χ4v) is 3.13. The molecule has 2 atom stereocenters. The quantitative estimate of drug-likeness (QED) is 0.883. The number of carbonyl (C=O) groups excluding carboxylic acids is 1. The molecule has 1 aliphatic carbocycles. The monoisotopic (exact) mass is 301 g/mol. The van der Waals surface area contributed by atoms with Gasteiger partial charge in [-0.25, -0.2) is 0 Å². The fourth-order valence-electron chi connectivity index (χ4n) is 2.77. The molecule has 0 aliphatic heterocycles. The van der Waals surface area contributed by atoms with Gasteiger partial charge in [0.05, 0.1) is 24.1 Å². The number of para-hydroxylation sites is 1. The molecular weight excluding hydrogens is 286 g/mol. The lowest BCUT2D eigenvalue weighted by molar-refractivity contribution is 0.0934. The molecule has 1 aliphatic rings. The molecule has 2 unspecified atom stereocenters. The van der Waals surface area contributed by atoms with Crippen molar-refractivity contribution < 1.29 is 9.53 Å². The lowest BCUT2D eigenvalue weighted by Crippen LogP contribution is -2.32. The number of halogens is 1. The first kappa shape index (κ1) is 14.0. The van der Waals surface area contributed by atoms with E-state index in [2.05, 4.69) is 11.4 Å². The Bertz CT molecular complexity index is 671. The van der Waals surface area contributed by atoms with E-state index in [-0.39, 0.29) is 17.3 Å². The highest BCUT2D eigenvalue weighted by Gasteiger charge is 2.32. The number of amides is 1. The van der Waals surface area contributed by atoms with Gasteiger partial charge in [0.1, 0.15) is 5.75 Å². The third-order valence-corrected chi connectivity index (χ3v) is 4.21. The van der Waals surface area contributed by atoms with Crippen molar-refractivity contribution in [3.63, 3.8) is 0 Å². The molecule has 4 heteroatoms. The maximum absolute atomic E-state index is 12.5. The molecule has 0 bridgehead atoms. The summed E-state index contributed by atoms with van der Waals surface area (Å²) in [6.45, 7) is 0. The molecule has 3 nitrogen and oxygen atoms in total. The SMILES string of the molecule is COc1ccccc1C(=O)NC1c2ccccc2CC1Cl. The van der Waals surface area contributed by atoms with Crippen molar-refractivity contribution in [2.24, 2.45) is 0 Å². The molecule has 0 radical (unpaired) electrons. The number of hydrogen-bond acceptors (Lipinski definition) is 2. The average Bonchev–Trinajstić information content (AvgIpc) is 2.83. The van der Waals surface area contributed by atoms with E-state index < -0.39 is 0 Å². The first-order chi connectivity index (χ1) is 10.2. The second kappa shape index (κ2) is 5.78. The number of benzene rings is 2. The number of carbonyl (C=O) groups is 1. The summed E-state index contributed by atoms with van der Waals surface area (Å²) in [6.07, 6.45) is 0.772. The van der Waals surface area contributed by atoms with Crippen LogP contribution < -0.4 is 10.1 Å². The summed E-state index contributed by atoms with van der Waals surface area (Å²) in [4.78, 5) is 12.5. The van der Waals surface area contributed by atoms with Crippen LogP contribution in [0, 0.1) is 0 Å². The molecule has 0 spiro atoms. The molecule has 0 heterocycles. The normalized spacial score (nSPS) is 19.9. The summed E-state index contributed by atoms with van der Waals surface area (Å²) in [6, 6.07) is 15.0. The molecule has 2 aromatic rings. The topological polar surface area (TPSA) is 38.3 Å². The zero-order valence-corrected chi connectivity index (χ0v) is 12.4. The molecule has 0 saturated heterocycles. The minimum Gasteiger partial charge on any atom is -0.496 e. The number of ether oxygens (including phenoxy) is 1. The van der Waals surface area contributed by atoms with Crippen molar-refractivity contribution in [2.45, 2.75) is 17.8 Å². The van der Waals surface area contributed by atoms with Crippen molar-refractivity contribution in [2.75, 3.05) is 7.11 Å². The zero-order valence-electron chi connectivity index (χ0n) is 11.7. The van der Waals surface area contributed by atoms with Gasteiger partial charge < -0.3 is 10.1 Å². The first-order valence-electron chi connectivity index (χ1n) is 6.86. The van der Waals surface area contributed by atoms with Crippen LogP contribution in [0.15, 0.2) is 48.5 Å². The predicted octanol–water partition coefficient (Wildman–Crippen LogP) is 3.33. The average molecular weight is 302 g/mol. The third-order valence-electron chi connectivity index (χ3n) is 3.80. The summed E-state index contributed by atoms with van der Waals surface area (Å²) in [5, 5.41) is 2.90. The molecule has 1 amide bonds. The Morgan fingerprint density at radius 2 is 1.90 bits per heavy atom. The zero-order chi connectivity index (χ0) is 14.8. The molecule has 2 aromatic carbocycles. The first-order valence-corrected chi connectivity index (χ1v) is 7.30. The van der Waals surface area contributed by atoms with E-state index in [1.54, 1.807) is 19.2 Å². The van der Waals surface area contributed by atoms with Crippen molar-refractivity contribution in [3.05, 3.63) is 65.2 Å². The number of alkyl halides is 1. The molecule has 0 fully saturated rings. The van der Waals surface area contributed by atoms with Crippen molar-refractivity contribution >= 4 is 17.5 Å². The van der Waals surface area contributed by atoms with Crippen LogP contribution in [-0.2, 0) is 6.42 Å². The number of hydrogen-bond donors (Lipinski definition) is 1. The Morgan fingerprint density at radius 3 is 2.71 bits per heavy atom. The van der Waals surface area contributed by atoms with Gasteiger partial charge >= 0.3 is 0 Å². The minimum atomic E-state index is -0.167. The predicted molar refractivity (Wildman–Crippen MR) is 83.0 cm³/mol. The van der Waals surface area contributed by atoms with Crippen LogP contribution in [0.4, 0.5) is 0 Å². The Labute approximate surface area is 128 Å². The van der Waals surface area contributed by atoms with Gasteiger partial charge in [0.25, 0.3) is 5.91 Å². The number of methoxy groups -OCH3 is 1. The Hall–Kier alpha value is -2.00. The molecule has 0 saturated carbocycles. The minimum absolute atomic E-state index is 0.124. The second-order valence-corrected chi connectivity index (χ2v) is 5.63. The van der Waals surface area contributed by atoms with E-state index in [4.69, 9.17) is 16.3 Å². The molecule has 3 rings (SSSR count). The van der Waals surface area contributed by atoms with Crippen LogP contribution in [0.2, 0.25) is 0 Å². The Kier molecular flexibility index (Phi) is 3.84. The highest BCUT2D eigenvalue weighted by molar-refractivity contribution is 6.21. The van der Waals surface area contributed by atoms with E-state index in [9.17, 15) is 4.79 Å². The number of fused-ring (bicyclic) bond motifs is 1. The van der Waals surface area contributed by atoms with Crippen LogP contribution in [0.3, 0.4) is 0 Å². The van der Waals surface area contributed by atoms with Gasteiger partial charge in [0.2, 0.25) is 0 Å². The number of rotatable bonds is 3. The largest absolute Gasteiger partial charge is 0.496 e. The van der Waals surface area contributed by atoms with Crippen LogP contribution in [0.25, 0.3) is 0 Å². The van der Waals surface area contributed by atoms with Crippen LogP contribution >= 0.6 is 11.6 Å². The van der Waals surface area contributed by atoms with E-state index >= 15 is 0 Å². The van der Waals surface area contributed by atoms with Gasteiger partial charge in [-0.15, -0.1) is 11.6 Å². The Balaban J connectivity index is 1.85. The highest BCUT2D eigenvalue weighted by atomic mass is 35.5. The van der Waals surface area contributed by atoms with Gasteiger partial charge in [0, 0.05) is 0 Å². The molecule has 108 valence electrons.